The van der Waals surface area contributed by atoms with E-state index in [0.29, 0.717) is 19.5 Å². The second-order valence-electron chi connectivity index (χ2n) is 3.95. The Balaban J connectivity index is 4.05. The van der Waals surface area contributed by atoms with Gasteiger partial charge in [0.05, 0.1) is 5.50 Å². The Kier molecular flexibility index (Phi) is 8.16. The molecule has 0 aliphatic rings. The Morgan fingerprint density at radius 2 is 1.62 bits per heavy atom. The molecule has 2 atom stereocenters. The first-order valence-electron chi connectivity index (χ1n) is 5.67. The van der Waals surface area contributed by atoms with Crippen LogP contribution < -0.4 is 0 Å². The molecule has 0 aliphatic heterocycles. The van der Waals surface area contributed by atoms with Crippen molar-refractivity contribution < 1.29 is 4.79 Å². The van der Waals surface area contributed by atoms with Crippen LogP contribution in [0.2, 0.25) is 0 Å². The van der Waals surface area contributed by atoms with Gasteiger partial charge < -0.3 is 4.90 Å². The molecule has 0 saturated heterocycles. The molecular formula is C11H22Cl2N2O. The van der Waals surface area contributed by atoms with E-state index in [-0.39, 0.29) is 11.4 Å². The predicted octanol–water partition coefficient (Wildman–Crippen LogP) is 2.37. The van der Waals surface area contributed by atoms with E-state index in [2.05, 4.69) is 0 Å². The topological polar surface area (TPSA) is 23.6 Å². The third-order valence-electron chi connectivity index (χ3n) is 2.56. The third kappa shape index (κ3) is 5.37. The Morgan fingerprint density at radius 3 is 2.00 bits per heavy atom. The highest BCUT2D eigenvalue weighted by molar-refractivity contribution is 6.30. The van der Waals surface area contributed by atoms with Crippen LogP contribution in [0.25, 0.3) is 0 Å². The van der Waals surface area contributed by atoms with Crippen LogP contribution >= 0.6 is 23.2 Å². The first-order chi connectivity index (χ1) is 7.43. The van der Waals surface area contributed by atoms with E-state index in [9.17, 15) is 4.79 Å². The smallest absolute Gasteiger partial charge is 0.240 e. The fourth-order valence-electron chi connectivity index (χ4n) is 1.40. The van der Waals surface area contributed by atoms with E-state index in [1.807, 2.05) is 32.8 Å². The van der Waals surface area contributed by atoms with Crippen molar-refractivity contribution in [2.45, 2.75) is 37.6 Å². The van der Waals surface area contributed by atoms with Crippen molar-refractivity contribution in [2.75, 3.05) is 27.2 Å². The van der Waals surface area contributed by atoms with E-state index >= 15 is 0 Å². The van der Waals surface area contributed by atoms with Crippen LogP contribution in [-0.2, 0) is 4.79 Å². The zero-order chi connectivity index (χ0) is 12.7. The SMILES string of the molecule is CCN(CC)C(=O)C(Cl)CCC(Cl)N(C)C. The maximum absolute atomic E-state index is 11.8. The number of halogens is 2. The molecule has 5 heteroatoms. The van der Waals surface area contributed by atoms with Gasteiger partial charge in [0.25, 0.3) is 0 Å². The van der Waals surface area contributed by atoms with Gasteiger partial charge in [-0.2, -0.15) is 0 Å². The first-order valence-corrected chi connectivity index (χ1v) is 6.54. The lowest BCUT2D eigenvalue weighted by atomic mass is 10.2. The van der Waals surface area contributed by atoms with Gasteiger partial charge in [0, 0.05) is 13.1 Å². The molecule has 0 radical (unpaired) electrons. The lowest BCUT2D eigenvalue weighted by molar-refractivity contribution is -0.130. The lowest BCUT2D eigenvalue weighted by Crippen LogP contribution is -2.37. The van der Waals surface area contributed by atoms with Crippen molar-refractivity contribution in [3.63, 3.8) is 0 Å². The van der Waals surface area contributed by atoms with Crippen LogP contribution in [0.3, 0.4) is 0 Å². The van der Waals surface area contributed by atoms with Gasteiger partial charge in [-0.3, -0.25) is 9.69 Å². The Morgan fingerprint density at radius 1 is 1.12 bits per heavy atom. The molecule has 0 fully saturated rings. The number of nitrogens with zero attached hydrogens (tertiary/aromatic N) is 2. The zero-order valence-electron chi connectivity index (χ0n) is 10.5. The quantitative estimate of drug-likeness (QED) is 0.523. The minimum absolute atomic E-state index is 0.00860. The van der Waals surface area contributed by atoms with Gasteiger partial charge in [0.15, 0.2) is 0 Å². The minimum atomic E-state index is -0.457. The van der Waals surface area contributed by atoms with E-state index < -0.39 is 5.38 Å². The van der Waals surface area contributed by atoms with Crippen molar-refractivity contribution in [3.05, 3.63) is 0 Å². The predicted molar refractivity (Wildman–Crippen MR) is 70.1 cm³/mol. The van der Waals surface area contributed by atoms with E-state index in [1.165, 1.54) is 0 Å². The molecule has 0 aromatic rings. The number of hydrogen-bond acceptors (Lipinski definition) is 2. The molecule has 2 unspecified atom stereocenters. The fourth-order valence-corrected chi connectivity index (χ4v) is 1.79. The van der Waals surface area contributed by atoms with Gasteiger partial charge >= 0.3 is 0 Å². The highest BCUT2D eigenvalue weighted by Gasteiger charge is 2.21. The monoisotopic (exact) mass is 268 g/mol. The largest absolute Gasteiger partial charge is 0.342 e. The summed E-state index contributed by atoms with van der Waals surface area (Å²) in [7, 11) is 3.82. The molecule has 96 valence electrons. The second kappa shape index (κ2) is 8.15. The number of alkyl halides is 2. The van der Waals surface area contributed by atoms with Gasteiger partial charge in [-0.25, -0.2) is 0 Å². The van der Waals surface area contributed by atoms with Gasteiger partial charge in [-0.1, -0.05) is 0 Å². The van der Waals surface area contributed by atoms with Crippen LogP contribution in [0.5, 0.6) is 0 Å². The van der Waals surface area contributed by atoms with Crippen LogP contribution in [-0.4, -0.2) is 53.8 Å². The molecule has 0 heterocycles. The standard InChI is InChI=1S/C11H22Cl2N2O/c1-5-15(6-2)11(16)9(12)7-8-10(13)14(3)4/h9-10H,5-8H2,1-4H3. The Bertz CT molecular complexity index is 208. The summed E-state index contributed by atoms with van der Waals surface area (Å²) in [6.45, 7) is 5.32. The number of carbonyl (C=O) groups excluding carboxylic acids is 1. The summed E-state index contributed by atoms with van der Waals surface area (Å²) in [4.78, 5) is 15.5. The van der Waals surface area contributed by atoms with Gasteiger partial charge in [0.1, 0.15) is 5.38 Å². The highest BCUT2D eigenvalue weighted by atomic mass is 35.5. The van der Waals surface area contributed by atoms with E-state index in [4.69, 9.17) is 23.2 Å². The molecule has 16 heavy (non-hydrogen) atoms. The number of hydrogen-bond donors (Lipinski definition) is 0. The Hall–Kier alpha value is 0.01000. The van der Waals surface area contributed by atoms with Crippen molar-refractivity contribution in [3.8, 4) is 0 Å². The number of amides is 1. The molecule has 0 bridgehead atoms. The molecule has 3 nitrogen and oxygen atoms in total. The maximum Gasteiger partial charge on any atom is 0.240 e. The lowest BCUT2D eigenvalue weighted by Gasteiger charge is -2.23. The minimum Gasteiger partial charge on any atom is -0.342 e. The summed E-state index contributed by atoms with van der Waals surface area (Å²) >= 11 is 12.1. The van der Waals surface area contributed by atoms with Gasteiger partial charge in [-0.05, 0) is 40.8 Å². The van der Waals surface area contributed by atoms with Crippen LogP contribution in [0.1, 0.15) is 26.7 Å². The van der Waals surface area contributed by atoms with Crippen molar-refractivity contribution >= 4 is 29.1 Å². The summed E-state index contributed by atoms with van der Waals surface area (Å²) in [5.74, 6) is 0.00860. The van der Waals surface area contributed by atoms with Gasteiger partial charge in [0.2, 0.25) is 5.91 Å². The molecule has 0 saturated carbocycles. The van der Waals surface area contributed by atoms with Crippen molar-refractivity contribution in [2.24, 2.45) is 0 Å². The molecule has 0 aromatic heterocycles. The van der Waals surface area contributed by atoms with E-state index in [0.717, 1.165) is 6.42 Å². The summed E-state index contributed by atoms with van der Waals surface area (Å²) in [6, 6.07) is 0. The summed E-state index contributed by atoms with van der Waals surface area (Å²) in [5, 5.41) is -0.457. The number of rotatable bonds is 7. The summed E-state index contributed by atoms with van der Waals surface area (Å²) < 4.78 is 0. The molecule has 0 spiro atoms. The first kappa shape index (κ1) is 16.0. The van der Waals surface area contributed by atoms with Gasteiger partial charge in [-0.15, -0.1) is 23.2 Å². The average molecular weight is 269 g/mol. The average Bonchev–Trinajstić information content (AvgIpc) is 2.26. The molecule has 0 aromatic carbocycles. The third-order valence-corrected chi connectivity index (χ3v) is 3.58. The summed E-state index contributed by atoms with van der Waals surface area (Å²) in [6.07, 6.45) is 1.33. The molecule has 0 rings (SSSR count). The summed E-state index contributed by atoms with van der Waals surface area (Å²) in [5.41, 5.74) is -0.0641. The van der Waals surface area contributed by atoms with Crippen LogP contribution in [0.4, 0.5) is 0 Å². The number of carbonyl (C=O) groups is 1. The van der Waals surface area contributed by atoms with Crippen molar-refractivity contribution in [1.82, 2.24) is 9.80 Å². The van der Waals surface area contributed by atoms with Crippen molar-refractivity contribution in [1.29, 1.82) is 0 Å². The molecule has 0 aliphatic carbocycles. The normalized spacial score (nSPS) is 14.9. The van der Waals surface area contributed by atoms with Crippen LogP contribution in [0, 0.1) is 0 Å². The molecule has 1 amide bonds. The second-order valence-corrected chi connectivity index (χ2v) is 4.98. The zero-order valence-corrected chi connectivity index (χ0v) is 12.1. The molecular weight excluding hydrogens is 247 g/mol. The van der Waals surface area contributed by atoms with E-state index in [1.54, 1.807) is 4.90 Å². The molecule has 0 N–H and O–H groups in total. The Labute approximate surface area is 109 Å². The van der Waals surface area contributed by atoms with Crippen LogP contribution in [0.15, 0.2) is 0 Å². The fraction of sp³-hybridized carbons (Fsp3) is 0.909. The highest BCUT2D eigenvalue weighted by Crippen LogP contribution is 2.15. The maximum atomic E-state index is 11.8.